The number of hydrogen-bond acceptors (Lipinski definition) is 1. The molecule has 0 aromatic heterocycles. The van der Waals surface area contributed by atoms with Crippen molar-refractivity contribution in [2.45, 2.75) is 25.1 Å². The molecule has 0 heterocycles. The third-order valence-corrected chi connectivity index (χ3v) is 2.35. The molecule has 0 aliphatic rings. The Morgan fingerprint density at radius 1 is 1.24 bits per heavy atom. The van der Waals surface area contributed by atoms with E-state index in [0.29, 0.717) is 6.42 Å². The SMILES string of the molecule is C=CCC[C@H](N)c1ccc(C(F)(F)F)cc1.Cl. The summed E-state index contributed by atoms with van der Waals surface area (Å²) in [4.78, 5) is 0. The maximum absolute atomic E-state index is 12.3. The van der Waals surface area contributed by atoms with Crippen LogP contribution in [0.25, 0.3) is 0 Å². The molecule has 0 radical (unpaired) electrons. The monoisotopic (exact) mass is 265 g/mol. The number of nitrogens with two attached hydrogens (primary N) is 1. The van der Waals surface area contributed by atoms with Crippen LogP contribution in [0.15, 0.2) is 36.9 Å². The Morgan fingerprint density at radius 2 is 1.76 bits per heavy atom. The maximum Gasteiger partial charge on any atom is 0.416 e. The molecule has 0 aliphatic carbocycles. The van der Waals surface area contributed by atoms with E-state index in [9.17, 15) is 13.2 Å². The van der Waals surface area contributed by atoms with E-state index in [2.05, 4.69) is 6.58 Å². The molecule has 2 N–H and O–H groups in total. The third-order valence-electron chi connectivity index (χ3n) is 2.35. The second kappa shape index (κ2) is 6.67. The molecule has 0 saturated carbocycles. The summed E-state index contributed by atoms with van der Waals surface area (Å²) in [5.74, 6) is 0. The van der Waals surface area contributed by atoms with Gasteiger partial charge in [-0.3, -0.25) is 0 Å². The zero-order valence-corrected chi connectivity index (χ0v) is 10.0. The van der Waals surface area contributed by atoms with Crippen molar-refractivity contribution in [2.24, 2.45) is 5.73 Å². The summed E-state index contributed by atoms with van der Waals surface area (Å²) in [6, 6.07) is 4.74. The molecule has 0 fully saturated rings. The molecule has 17 heavy (non-hydrogen) atoms. The first-order valence-electron chi connectivity index (χ1n) is 4.99. The van der Waals surface area contributed by atoms with Gasteiger partial charge in [0, 0.05) is 6.04 Å². The molecule has 0 amide bonds. The first-order valence-corrected chi connectivity index (χ1v) is 4.99. The third kappa shape index (κ3) is 4.79. The second-order valence-electron chi connectivity index (χ2n) is 3.59. The molecule has 1 aromatic rings. The van der Waals surface area contributed by atoms with Crippen LogP contribution in [0.2, 0.25) is 0 Å². The molecule has 1 atom stereocenters. The average Bonchev–Trinajstić information content (AvgIpc) is 2.25. The highest BCUT2D eigenvalue weighted by Crippen LogP contribution is 2.30. The Morgan fingerprint density at radius 3 is 2.18 bits per heavy atom. The van der Waals surface area contributed by atoms with E-state index in [4.69, 9.17) is 5.73 Å². The van der Waals surface area contributed by atoms with Crippen LogP contribution in [0.4, 0.5) is 13.2 Å². The van der Waals surface area contributed by atoms with Gasteiger partial charge in [-0.05, 0) is 30.5 Å². The number of allylic oxidation sites excluding steroid dienone is 1. The summed E-state index contributed by atoms with van der Waals surface area (Å²) in [6.45, 7) is 3.57. The molecule has 0 spiro atoms. The fraction of sp³-hybridized carbons (Fsp3) is 0.333. The lowest BCUT2D eigenvalue weighted by Gasteiger charge is -2.12. The van der Waals surface area contributed by atoms with Crippen molar-refractivity contribution in [2.75, 3.05) is 0 Å². The summed E-state index contributed by atoms with van der Waals surface area (Å²) in [5, 5.41) is 0. The molecule has 1 nitrogen and oxygen atoms in total. The highest BCUT2D eigenvalue weighted by Gasteiger charge is 2.30. The molecule has 5 heteroatoms. The number of halogens is 4. The normalized spacial score (nSPS) is 12.7. The lowest BCUT2D eigenvalue weighted by molar-refractivity contribution is -0.137. The Balaban J connectivity index is 0.00000256. The van der Waals surface area contributed by atoms with Gasteiger partial charge in [0.2, 0.25) is 0 Å². The zero-order chi connectivity index (χ0) is 12.2. The van der Waals surface area contributed by atoms with E-state index in [-0.39, 0.29) is 18.4 Å². The van der Waals surface area contributed by atoms with Gasteiger partial charge >= 0.3 is 6.18 Å². The standard InChI is InChI=1S/C12H14F3N.ClH/c1-2-3-4-11(16)9-5-7-10(8-6-9)12(13,14)15;/h2,5-8,11H,1,3-4,16H2;1H/t11-;/m0./s1. The quantitative estimate of drug-likeness (QED) is 0.815. The van der Waals surface area contributed by atoms with Crippen LogP contribution in [0.5, 0.6) is 0 Å². The van der Waals surface area contributed by atoms with Gasteiger partial charge in [-0.1, -0.05) is 18.2 Å². The minimum absolute atomic E-state index is 0. The van der Waals surface area contributed by atoms with Gasteiger partial charge in [0.15, 0.2) is 0 Å². The number of alkyl halides is 3. The van der Waals surface area contributed by atoms with Crippen LogP contribution in [-0.4, -0.2) is 0 Å². The Bertz CT molecular complexity index is 346. The fourth-order valence-electron chi connectivity index (χ4n) is 1.38. The Labute approximate surface area is 105 Å². The van der Waals surface area contributed by atoms with Crippen LogP contribution in [0.3, 0.4) is 0 Å². The predicted molar refractivity (Wildman–Crippen MR) is 65.1 cm³/mol. The molecule has 0 bridgehead atoms. The van der Waals surface area contributed by atoms with Crippen molar-refractivity contribution in [1.82, 2.24) is 0 Å². The first kappa shape index (κ1) is 16.0. The van der Waals surface area contributed by atoms with Gasteiger partial charge in [0.05, 0.1) is 5.56 Å². The summed E-state index contributed by atoms with van der Waals surface area (Å²) in [5.41, 5.74) is 5.88. The number of hydrogen-bond donors (Lipinski definition) is 1. The fourth-order valence-corrected chi connectivity index (χ4v) is 1.38. The summed E-state index contributed by atoms with van der Waals surface area (Å²) in [6.07, 6.45) is -1.11. The average molecular weight is 266 g/mol. The van der Waals surface area contributed by atoms with Crippen molar-refractivity contribution in [3.8, 4) is 0 Å². The molecule has 0 aliphatic heterocycles. The van der Waals surface area contributed by atoms with Gasteiger partial charge in [-0.2, -0.15) is 13.2 Å². The van der Waals surface area contributed by atoms with Gasteiger partial charge in [-0.15, -0.1) is 19.0 Å². The van der Waals surface area contributed by atoms with E-state index < -0.39 is 11.7 Å². The van der Waals surface area contributed by atoms with Crippen LogP contribution in [0.1, 0.15) is 30.0 Å². The minimum Gasteiger partial charge on any atom is -0.324 e. The molecular weight excluding hydrogens is 251 g/mol. The number of benzene rings is 1. The molecule has 1 aromatic carbocycles. The van der Waals surface area contributed by atoms with E-state index in [0.717, 1.165) is 24.1 Å². The largest absolute Gasteiger partial charge is 0.416 e. The van der Waals surface area contributed by atoms with Crippen LogP contribution >= 0.6 is 12.4 Å². The van der Waals surface area contributed by atoms with E-state index >= 15 is 0 Å². The Hall–Kier alpha value is -1.00. The van der Waals surface area contributed by atoms with Crippen molar-refractivity contribution in [3.63, 3.8) is 0 Å². The second-order valence-corrected chi connectivity index (χ2v) is 3.59. The molecule has 0 unspecified atom stereocenters. The molecule has 96 valence electrons. The highest BCUT2D eigenvalue weighted by atomic mass is 35.5. The van der Waals surface area contributed by atoms with Crippen molar-refractivity contribution >= 4 is 12.4 Å². The van der Waals surface area contributed by atoms with Gasteiger partial charge in [0.1, 0.15) is 0 Å². The van der Waals surface area contributed by atoms with E-state index in [1.807, 2.05) is 0 Å². The summed E-state index contributed by atoms with van der Waals surface area (Å²) >= 11 is 0. The minimum atomic E-state index is -4.29. The summed E-state index contributed by atoms with van der Waals surface area (Å²) < 4.78 is 36.8. The first-order chi connectivity index (χ1) is 7.45. The zero-order valence-electron chi connectivity index (χ0n) is 9.20. The summed E-state index contributed by atoms with van der Waals surface area (Å²) in [7, 11) is 0. The van der Waals surface area contributed by atoms with E-state index in [1.54, 1.807) is 6.08 Å². The molecular formula is C12H15ClF3N. The van der Waals surface area contributed by atoms with Crippen LogP contribution in [0, 0.1) is 0 Å². The molecule has 0 saturated heterocycles. The topological polar surface area (TPSA) is 26.0 Å². The lowest BCUT2D eigenvalue weighted by atomic mass is 10.0. The Kier molecular flexibility index (Phi) is 6.27. The highest BCUT2D eigenvalue weighted by molar-refractivity contribution is 5.85. The van der Waals surface area contributed by atoms with Crippen LogP contribution < -0.4 is 5.73 Å². The van der Waals surface area contributed by atoms with Crippen molar-refractivity contribution in [3.05, 3.63) is 48.0 Å². The van der Waals surface area contributed by atoms with E-state index in [1.165, 1.54) is 12.1 Å². The predicted octanol–water partition coefficient (Wildman–Crippen LogP) is 4.09. The lowest BCUT2D eigenvalue weighted by Crippen LogP contribution is -2.11. The van der Waals surface area contributed by atoms with Crippen molar-refractivity contribution < 1.29 is 13.2 Å². The number of rotatable bonds is 4. The van der Waals surface area contributed by atoms with Crippen molar-refractivity contribution in [1.29, 1.82) is 0 Å². The maximum atomic E-state index is 12.3. The van der Waals surface area contributed by atoms with Gasteiger partial charge in [0.25, 0.3) is 0 Å². The van der Waals surface area contributed by atoms with Gasteiger partial charge < -0.3 is 5.73 Å². The van der Waals surface area contributed by atoms with Crippen LogP contribution in [-0.2, 0) is 6.18 Å². The smallest absolute Gasteiger partial charge is 0.324 e. The van der Waals surface area contributed by atoms with Gasteiger partial charge in [-0.25, -0.2) is 0 Å². The molecule has 1 rings (SSSR count).